The highest BCUT2D eigenvalue weighted by atomic mass is 16.5. The molecule has 1 N–H and O–H groups in total. The molecule has 0 saturated carbocycles. The Morgan fingerprint density at radius 1 is 1.75 bits per heavy atom. The molecule has 3 heteroatoms. The number of rotatable bonds is 3. The first kappa shape index (κ1) is 9.52. The number of hydrogen-bond donors (Lipinski definition) is 1. The Labute approximate surface area is 73.5 Å². The maximum Gasteiger partial charge on any atom is 0.246 e. The van der Waals surface area contributed by atoms with Gasteiger partial charge in [-0.05, 0) is 12.3 Å². The minimum Gasteiger partial charge on any atom is -0.370 e. The molecule has 1 aliphatic heterocycles. The molecule has 1 amide bonds. The molecular formula is C9H17NO2. The maximum absolute atomic E-state index is 10.9. The molecule has 3 nitrogen and oxygen atoms in total. The van der Waals surface area contributed by atoms with E-state index in [1.165, 1.54) is 0 Å². The summed E-state index contributed by atoms with van der Waals surface area (Å²) in [6.45, 7) is 5.27. The predicted molar refractivity (Wildman–Crippen MR) is 46.8 cm³/mol. The summed E-state index contributed by atoms with van der Waals surface area (Å²) in [7, 11) is 0. The molecular weight excluding hydrogens is 154 g/mol. The van der Waals surface area contributed by atoms with E-state index in [1.54, 1.807) is 0 Å². The van der Waals surface area contributed by atoms with Gasteiger partial charge >= 0.3 is 0 Å². The average molecular weight is 171 g/mol. The van der Waals surface area contributed by atoms with Gasteiger partial charge in [0.1, 0.15) is 6.61 Å². The molecule has 0 bridgehead atoms. The summed E-state index contributed by atoms with van der Waals surface area (Å²) in [5.74, 6) is 0.687. The van der Waals surface area contributed by atoms with Gasteiger partial charge in [-0.15, -0.1) is 0 Å². The van der Waals surface area contributed by atoms with E-state index in [4.69, 9.17) is 4.74 Å². The van der Waals surface area contributed by atoms with Crippen molar-refractivity contribution in [2.75, 3.05) is 13.2 Å². The predicted octanol–water partition coefficient (Wildman–Crippen LogP) is 0.938. The van der Waals surface area contributed by atoms with E-state index in [0.717, 1.165) is 12.8 Å². The Balaban J connectivity index is 2.27. The van der Waals surface area contributed by atoms with E-state index in [-0.39, 0.29) is 18.6 Å². The molecule has 0 aliphatic carbocycles. The Hall–Kier alpha value is -0.570. The van der Waals surface area contributed by atoms with Gasteiger partial charge in [0.25, 0.3) is 0 Å². The van der Waals surface area contributed by atoms with Crippen molar-refractivity contribution in [3.63, 3.8) is 0 Å². The van der Waals surface area contributed by atoms with Crippen LogP contribution in [-0.4, -0.2) is 25.2 Å². The van der Waals surface area contributed by atoms with Gasteiger partial charge in [0.2, 0.25) is 5.91 Å². The molecule has 0 aromatic carbocycles. The van der Waals surface area contributed by atoms with E-state index < -0.39 is 0 Å². The fourth-order valence-electron chi connectivity index (χ4n) is 1.38. The van der Waals surface area contributed by atoms with Gasteiger partial charge in [-0.3, -0.25) is 4.79 Å². The third-order valence-corrected chi connectivity index (χ3v) is 2.30. The second-order valence-corrected chi connectivity index (χ2v) is 3.53. The monoisotopic (exact) mass is 171 g/mol. The summed E-state index contributed by atoms with van der Waals surface area (Å²) in [5, 5.41) is 2.92. The molecule has 1 fully saturated rings. The summed E-state index contributed by atoms with van der Waals surface area (Å²) < 4.78 is 5.13. The molecule has 1 aliphatic rings. The molecule has 12 heavy (non-hydrogen) atoms. The lowest BCUT2D eigenvalue weighted by atomic mass is 9.99. The summed E-state index contributed by atoms with van der Waals surface area (Å²) in [6.07, 6.45) is 2.19. The molecule has 1 rings (SSSR count). The number of amides is 1. The van der Waals surface area contributed by atoms with Crippen molar-refractivity contribution in [1.82, 2.24) is 5.32 Å². The second kappa shape index (κ2) is 4.45. The standard InChI is InChI=1S/C9H17NO2/c1-3-7(2)4-8-5-12-6-9(11)10-8/h7-8H,3-6H2,1-2H3,(H,10,11). The van der Waals surface area contributed by atoms with Gasteiger partial charge in [-0.2, -0.15) is 0 Å². The number of carbonyl (C=O) groups excluding carboxylic acids is 1. The number of morpholine rings is 1. The van der Waals surface area contributed by atoms with Crippen LogP contribution in [0, 0.1) is 5.92 Å². The van der Waals surface area contributed by atoms with Crippen molar-refractivity contribution in [3.8, 4) is 0 Å². The number of ether oxygens (including phenoxy) is 1. The first-order chi connectivity index (χ1) is 5.72. The van der Waals surface area contributed by atoms with Gasteiger partial charge in [-0.1, -0.05) is 20.3 Å². The van der Waals surface area contributed by atoms with Crippen LogP contribution in [0.5, 0.6) is 0 Å². The number of hydrogen-bond acceptors (Lipinski definition) is 2. The summed E-state index contributed by atoms with van der Waals surface area (Å²) >= 11 is 0. The van der Waals surface area contributed by atoms with Crippen LogP contribution in [0.15, 0.2) is 0 Å². The molecule has 70 valence electrons. The van der Waals surface area contributed by atoms with Crippen LogP contribution >= 0.6 is 0 Å². The summed E-state index contributed by atoms with van der Waals surface area (Å²) in [6, 6.07) is 0.237. The van der Waals surface area contributed by atoms with Crippen molar-refractivity contribution in [2.24, 2.45) is 5.92 Å². The fraction of sp³-hybridized carbons (Fsp3) is 0.889. The van der Waals surface area contributed by atoms with Crippen LogP contribution in [0.3, 0.4) is 0 Å². The lowest BCUT2D eigenvalue weighted by molar-refractivity contribution is -0.131. The number of carbonyl (C=O) groups is 1. The first-order valence-corrected chi connectivity index (χ1v) is 4.59. The normalized spacial score (nSPS) is 26.5. The van der Waals surface area contributed by atoms with E-state index in [0.29, 0.717) is 12.5 Å². The molecule has 1 heterocycles. The molecule has 0 spiro atoms. The summed E-state index contributed by atoms with van der Waals surface area (Å²) in [5.41, 5.74) is 0. The highest BCUT2D eigenvalue weighted by Gasteiger charge is 2.19. The Bertz CT molecular complexity index is 159. The van der Waals surface area contributed by atoms with Crippen molar-refractivity contribution < 1.29 is 9.53 Å². The van der Waals surface area contributed by atoms with Gasteiger partial charge < -0.3 is 10.1 Å². The van der Waals surface area contributed by atoms with Crippen molar-refractivity contribution in [2.45, 2.75) is 32.7 Å². The van der Waals surface area contributed by atoms with Crippen LogP contribution in [0.1, 0.15) is 26.7 Å². The topological polar surface area (TPSA) is 38.3 Å². The molecule has 2 atom stereocenters. The van der Waals surface area contributed by atoms with Crippen LogP contribution in [0.2, 0.25) is 0 Å². The van der Waals surface area contributed by atoms with Gasteiger partial charge in [0.05, 0.1) is 12.6 Å². The van der Waals surface area contributed by atoms with Crippen molar-refractivity contribution >= 4 is 5.91 Å². The van der Waals surface area contributed by atoms with Gasteiger partial charge in [0, 0.05) is 0 Å². The van der Waals surface area contributed by atoms with Crippen LogP contribution in [-0.2, 0) is 9.53 Å². The Morgan fingerprint density at radius 2 is 2.50 bits per heavy atom. The average Bonchev–Trinajstić information content (AvgIpc) is 2.04. The minimum atomic E-state index is 0.0227. The third kappa shape index (κ3) is 2.81. The molecule has 0 aromatic rings. The fourth-order valence-corrected chi connectivity index (χ4v) is 1.38. The highest BCUT2D eigenvalue weighted by Crippen LogP contribution is 2.11. The van der Waals surface area contributed by atoms with E-state index >= 15 is 0 Å². The Kier molecular flexibility index (Phi) is 3.53. The van der Waals surface area contributed by atoms with Crippen molar-refractivity contribution in [3.05, 3.63) is 0 Å². The quantitative estimate of drug-likeness (QED) is 0.686. The zero-order valence-corrected chi connectivity index (χ0v) is 7.80. The van der Waals surface area contributed by atoms with Gasteiger partial charge in [-0.25, -0.2) is 0 Å². The molecule has 0 radical (unpaired) electrons. The molecule has 0 aromatic heterocycles. The van der Waals surface area contributed by atoms with Gasteiger partial charge in [0.15, 0.2) is 0 Å². The van der Waals surface area contributed by atoms with Crippen LogP contribution in [0.25, 0.3) is 0 Å². The molecule has 2 unspecified atom stereocenters. The van der Waals surface area contributed by atoms with E-state index in [9.17, 15) is 4.79 Å². The Morgan fingerprint density at radius 3 is 3.08 bits per heavy atom. The van der Waals surface area contributed by atoms with E-state index in [1.807, 2.05) is 0 Å². The zero-order chi connectivity index (χ0) is 8.97. The zero-order valence-electron chi connectivity index (χ0n) is 7.80. The lowest BCUT2D eigenvalue weighted by Gasteiger charge is -2.25. The summed E-state index contributed by atoms with van der Waals surface area (Å²) in [4.78, 5) is 10.9. The minimum absolute atomic E-state index is 0.0227. The molecule has 1 saturated heterocycles. The van der Waals surface area contributed by atoms with E-state index in [2.05, 4.69) is 19.2 Å². The smallest absolute Gasteiger partial charge is 0.246 e. The first-order valence-electron chi connectivity index (χ1n) is 4.59. The third-order valence-electron chi connectivity index (χ3n) is 2.30. The van der Waals surface area contributed by atoms with Crippen LogP contribution in [0.4, 0.5) is 0 Å². The highest BCUT2D eigenvalue weighted by molar-refractivity contribution is 5.78. The second-order valence-electron chi connectivity index (χ2n) is 3.53. The largest absolute Gasteiger partial charge is 0.370 e. The van der Waals surface area contributed by atoms with Crippen molar-refractivity contribution in [1.29, 1.82) is 0 Å². The van der Waals surface area contributed by atoms with Crippen LogP contribution < -0.4 is 5.32 Å². The SMILES string of the molecule is CCC(C)CC1COCC(=O)N1. The maximum atomic E-state index is 10.9. The lowest BCUT2D eigenvalue weighted by Crippen LogP contribution is -2.46. The number of nitrogens with one attached hydrogen (secondary N) is 1.